The van der Waals surface area contributed by atoms with E-state index in [4.69, 9.17) is 16.3 Å². The Morgan fingerprint density at radius 1 is 1.64 bits per heavy atom. The summed E-state index contributed by atoms with van der Waals surface area (Å²) in [5.41, 5.74) is 0. The second-order valence-corrected chi connectivity index (χ2v) is 3.01. The molecule has 1 aliphatic rings. The smallest absolute Gasteiger partial charge is 0.0710 e. The average molecular weight is 200 g/mol. The summed E-state index contributed by atoms with van der Waals surface area (Å²) in [6.45, 7) is 3.20. The zero-order valence-electron chi connectivity index (χ0n) is 6.75. The van der Waals surface area contributed by atoms with Crippen LogP contribution in [0.2, 0.25) is 0 Å². The van der Waals surface area contributed by atoms with Gasteiger partial charge in [-0.3, -0.25) is 4.90 Å². The molecule has 1 unspecified atom stereocenters. The number of rotatable bonds is 3. The van der Waals surface area contributed by atoms with E-state index in [2.05, 4.69) is 4.90 Å². The third kappa shape index (κ3) is 3.61. The quantitative estimate of drug-likeness (QED) is 0.638. The fourth-order valence-corrected chi connectivity index (χ4v) is 1.55. The molecule has 4 heteroatoms. The van der Waals surface area contributed by atoms with E-state index in [-0.39, 0.29) is 12.4 Å². The summed E-state index contributed by atoms with van der Waals surface area (Å²) in [5.74, 6) is 0.733. The Kier molecular flexibility index (Phi) is 6.34. The van der Waals surface area contributed by atoms with Crippen LogP contribution < -0.4 is 0 Å². The second kappa shape index (κ2) is 6.06. The second-order valence-electron chi connectivity index (χ2n) is 2.64. The van der Waals surface area contributed by atoms with Crippen molar-refractivity contribution in [2.24, 2.45) is 0 Å². The number of alkyl halides is 1. The van der Waals surface area contributed by atoms with Crippen LogP contribution >= 0.6 is 24.0 Å². The van der Waals surface area contributed by atoms with Crippen LogP contribution in [-0.4, -0.2) is 43.6 Å². The highest BCUT2D eigenvalue weighted by atomic mass is 35.5. The highest BCUT2D eigenvalue weighted by molar-refractivity contribution is 6.18. The lowest BCUT2D eigenvalue weighted by Gasteiger charge is -2.12. The molecule has 1 heterocycles. The molecule has 0 aliphatic carbocycles. The topological polar surface area (TPSA) is 12.5 Å². The standard InChI is InChI=1S/C7H14ClNO.ClH/c1-10-7-2-4-9(6-7)5-3-8;/h7H,2-6H2,1H3;1H. The number of nitrogens with zero attached hydrogens (tertiary/aromatic N) is 1. The minimum absolute atomic E-state index is 0. The summed E-state index contributed by atoms with van der Waals surface area (Å²) < 4.78 is 5.20. The Morgan fingerprint density at radius 3 is 2.82 bits per heavy atom. The van der Waals surface area contributed by atoms with Crippen molar-refractivity contribution in [1.82, 2.24) is 4.90 Å². The normalized spacial score (nSPS) is 25.1. The molecular formula is C7H15Cl2NO. The van der Waals surface area contributed by atoms with Gasteiger partial charge in [0.1, 0.15) is 0 Å². The van der Waals surface area contributed by atoms with E-state index in [1.165, 1.54) is 0 Å². The van der Waals surface area contributed by atoms with Gasteiger partial charge in [-0.25, -0.2) is 0 Å². The Morgan fingerprint density at radius 2 is 2.36 bits per heavy atom. The zero-order chi connectivity index (χ0) is 7.40. The van der Waals surface area contributed by atoms with Crippen molar-refractivity contribution in [3.05, 3.63) is 0 Å². The van der Waals surface area contributed by atoms with Crippen LogP contribution in [0, 0.1) is 0 Å². The van der Waals surface area contributed by atoms with E-state index in [1.54, 1.807) is 7.11 Å². The number of halogens is 2. The molecule has 1 fully saturated rings. The molecule has 0 spiro atoms. The van der Waals surface area contributed by atoms with Gasteiger partial charge in [-0.05, 0) is 6.42 Å². The van der Waals surface area contributed by atoms with Crippen LogP contribution in [0.3, 0.4) is 0 Å². The molecule has 0 radical (unpaired) electrons. The van der Waals surface area contributed by atoms with E-state index >= 15 is 0 Å². The molecule has 0 aromatic carbocycles. The summed E-state index contributed by atoms with van der Waals surface area (Å²) in [5, 5.41) is 0. The van der Waals surface area contributed by atoms with Crippen molar-refractivity contribution in [3.8, 4) is 0 Å². The first-order valence-electron chi connectivity index (χ1n) is 3.68. The molecule has 0 bridgehead atoms. The van der Waals surface area contributed by atoms with Gasteiger partial charge in [0.2, 0.25) is 0 Å². The number of likely N-dealkylation sites (tertiary alicyclic amines) is 1. The Hall–Kier alpha value is 0.500. The van der Waals surface area contributed by atoms with Gasteiger partial charge >= 0.3 is 0 Å². The van der Waals surface area contributed by atoms with Crippen molar-refractivity contribution in [2.45, 2.75) is 12.5 Å². The van der Waals surface area contributed by atoms with Crippen molar-refractivity contribution >= 4 is 24.0 Å². The van der Waals surface area contributed by atoms with Crippen molar-refractivity contribution in [3.63, 3.8) is 0 Å². The van der Waals surface area contributed by atoms with Crippen LogP contribution in [0.15, 0.2) is 0 Å². The Bertz CT molecular complexity index is 102. The van der Waals surface area contributed by atoms with E-state index in [0.29, 0.717) is 6.10 Å². The lowest BCUT2D eigenvalue weighted by atomic mass is 10.3. The van der Waals surface area contributed by atoms with Gasteiger partial charge in [-0.15, -0.1) is 24.0 Å². The molecule has 1 aliphatic heterocycles. The third-order valence-corrected chi connectivity index (χ3v) is 2.13. The first kappa shape index (κ1) is 11.5. The minimum Gasteiger partial charge on any atom is -0.380 e. The van der Waals surface area contributed by atoms with Gasteiger partial charge in [-0.2, -0.15) is 0 Å². The fraction of sp³-hybridized carbons (Fsp3) is 1.00. The molecule has 68 valence electrons. The maximum absolute atomic E-state index is 5.59. The van der Waals surface area contributed by atoms with Gasteiger partial charge in [0.15, 0.2) is 0 Å². The van der Waals surface area contributed by atoms with Crippen LogP contribution in [0.5, 0.6) is 0 Å². The van der Waals surface area contributed by atoms with Gasteiger partial charge in [-0.1, -0.05) is 0 Å². The number of hydrogen-bond donors (Lipinski definition) is 0. The van der Waals surface area contributed by atoms with E-state index in [0.717, 1.165) is 31.9 Å². The number of ether oxygens (including phenoxy) is 1. The minimum atomic E-state index is 0. The average Bonchev–Trinajstić information content (AvgIpc) is 2.37. The summed E-state index contributed by atoms with van der Waals surface area (Å²) in [6, 6.07) is 0. The lowest BCUT2D eigenvalue weighted by Crippen LogP contribution is -2.24. The summed E-state index contributed by atoms with van der Waals surface area (Å²) in [7, 11) is 1.77. The fourth-order valence-electron chi connectivity index (χ4n) is 1.31. The summed E-state index contributed by atoms with van der Waals surface area (Å²) in [6.07, 6.45) is 1.61. The Labute approximate surface area is 79.3 Å². The molecule has 0 aromatic rings. The molecule has 2 nitrogen and oxygen atoms in total. The third-order valence-electron chi connectivity index (χ3n) is 1.96. The molecule has 0 amide bonds. The molecule has 1 atom stereocenters. The largest absolute Gasteiger partial charge is 0.380 e. The number of methoxy groups -OCH3 is 1. The predicted octanol–water partition coefficient (Wildman–Crippen LogP) is 1.37. The zero-order valence-corrected chi connectivity index (χ0v) is 8.33. The van der Waals surface area contributed by atoms with Crippen molar-refractivity contribution < 1.29 is 4.74 Å². The molecular weight excluding hydrogens is 185 g/mol. The first-order valence-corrected chi connectivity index (χ1v) is 4.21. The maximum atomic E-state index is 5.59. The predicted molar refractivity (Wildman–Crippen MR) is 49.8 cm³/mol. The molecule has 0 aromatic heterocycles. The monoisotopic (exact) mass is 199 g/mol. The van der Waals surface area contributed by atoms with Crippen LogP contribution in [-0.2, 0) is 4.74 Å². The van der Waals surface area contributed by atoms with Gasteiger partial charge in [0.05, 0.1) is 6.10 Å². The molecule has 1 saturated heterocycles. The van der Waals surface area contributed by atoms with E-state index < -0.39 is 0 Å². The van der Waals surface area contributed by atoms with E-state index in [1.807, 2.05) is 0 Å². The Balaban J connectivity index is 0.000001000. The maximum Gasteiger partial charge on any atom is 0.0710 e. The van der Waals surface area contributed by atoms with Crippen LogP contribution in [0.25, 0.3) is 0 Å². The molecule has 11 heavy (non-hydrogen) atoms. The van der Waals surface area contributed by atoms with Gasteiger partial charge < -0.3 is 4.74 Å². The van der Waals surface area contributed by atoms with Gasteiger partial charge in [0.25, 0.3) is 0 Å². The summed E-state index contributed by atoms with van der Waals surface area (Å²) in [4.78, 5) is 2.33. The first-order chi connectivity index (χ1) is 4.86. The highest BCUT2D eigenvalue weighted by Gasteiger charge is 2.20. The SMILES string of the molecule is COC1CCN(CCCl)C1.Cl. The molecule has 0 saturated carbocycles. The lowest BCUT2D eigenvalue weighted by molar-refractivity contribution is 0.109. The number of hydrogen-bond acceptors (Lipinski definition) is 2. The summed E-state index contributed by atoms with van der Waals surface area (Å²) >= 11 is 5.59. The van der Waals surface area contributed by atoms with Crippen molar-refractivity contribution in [2.75, 3.05) is 32.6 Å². The van der Waals surface area contributed by atoms with E-state index in [9.17, 15) is 0 Å². The molecule has 0 N–H and O–H groups in total. The molecule has 1 rings (SSSR count). The van der Waals surface area contributed by atoms with Crippen LogP contribution in [0.4, 0.5) is 0 Å². The van der Waals surface area contributed by atoms with Crippen molar-refractivity contribution in [1.29, 1.82) is 0 Å². The van der Waals surface area contributed by atoms with Gasteiger partial charge in [0, 0.05) is 32.6 Å². The van der Waals surface area contributed by atoms with Crippen LogP contribution in [0.1, 0.15) is 6.42 Å². The highest BCUT2D eigenvalue weighted by Crippen LogP contribution is 2.10.